The van der Waals surface area contributed by atoms with E-state index in [9.17, 15) is 0 Å². The number of hydrogen-bond acceptors (Lipinski definition) is 6. The van der Waals surface area contributed by atoms with Crippen LogP contribution in [0, 0.1) is 0 Å². The molecule has 0 atom stereocenters. The van der Waals surface area contributed by atoms with E-state index < -0.39 is 0 Å². The van der Waals surface area contributed by atoms with Gasteiger partial charge in [-0.2, -0.15) is 0 Å². The molecular weight excluding hydrogens is 518 g/mol. The third-order valence-corrected chi connectivity index (χ3v) is 6.36. The predicted molar refractivity (Wildman–Crippen MR) is 143 cm³/mol. The van der Waals surface area contributed by atoms with E-state index >= 15 is 0 Å². The van der Waals surface area contributed by atoms with Gasteiger partial charge in [0.2, 0.25) is 5.71 Å². The van der Waals surface area contributed by atoms with Crippen molar-refractivity contribution >= 4 is 38.4 Å². The van der Waals surface area contributed by atoms with Crippen LogP contribution in [-0.4, -0.2) is 25.3 Å². The van der Waals surface area contributed by atoms with Gasteiger partial charge in [0.25, 0.3) is 0 Å². The lowest BCUT2D eigenvalue weighted by Crippen LogP contribution is -1.97. The summed E-state index contributed by atoms with van der Waals surface area (Å²) in [6, 6.07) is 28.0. The number of rotatable bonds is 6. The number of fused-ring (bicyclic) bond motifs is 3. The highest BCUT2D eigenvalue weighted by Gasteiger charge is 2.22. The molecule has 0 bridgehead atoms. The van der Waals surface area contributed by atoms with Crippen LogP contribution in [0.15, 0.2) is 105 Å². The van der Waals surface area contributed by atoms with Crippen LogP contribution in [0.25, 0.3) is 39.2 Å². The van der Waals surface area contributed by atoms with E-state index in [1.165, 1.54) is 0 Å². The maximum Gasteiger partial charge on any atom is 0.232 e. The van der Waals surface area contributed by atoms with Crippen LogP contribution in [0.5, 0.6) is 0 Å². The fraction of sp³-hybridized carbons (Fsp3) is 0.0714. The highest BCUT2D eigenvalue weighted by molar-refractivity contribution is 9.10. The summed E-state index contributed by atoms with van der Waals surface area (Å²) in [6.07, 6.45) is 1.61. The zero-order valence-electron chi connectivity index (χ0n) is 19.3. The summed E-state index contributed by atoms with van der Waals surface area (Å²) in [6.45, 7) is 2.03. The van der Waals surface area contributed by atoms with Gasteiger partial charge in [-0.15, -0.1) is 5.10 Å². The first-order valence-electron chi connectivity index (χ1n) is 11.4. The Morgan fingerprint density at radius 1 is 0.944 bits per heavy atom. The van der Waals surface area contributed by atoms with Gasteiger partial charge in [0, 0.05) is 15.6 Å². The molecule has 0 N–H and O–H groups in total. The van der Waals surface area contributed by atoms with Gasteiger partial charge >= 0.3 is 0 Å². The number of nitrogens with zero attached hydrogens (tertiary/aromatic N) is 5. The lowest BCUT2D eigenvalue weighted by Gasteiger charge is -2.03. The van der Waals surface area contributed by atoms with Gasteiger partial charge < -0.3 is 9.25 Å². The van der Waals surface area contributed by atoms with Gasteiger partial charge in [-0.05, 0) is 30.2 Å². The summed E-state index contributed by atoms with van der Waals surface area (Å²) in [5.41, 5.74) is 5.81. The minimum atomic E-state index is 0.126. The van der Waals surface area contributed by atoms with Crippen LogP contribution in [0.2, 0.25) is 0 Å². The molecule has 8 heteroatoms. The van der Waals surface area contributed by atoms with Crippen molar-refractivity contribution in [2.24, 2.45) is 5.16 Å². The Morgan fingerprint density at radius 3 is 2.36 bits per heavy atom. The van der Waals surface area contributed by atoms with Crippen LogP contribution in [0.3, 0.4) is 0 Å². The fourth-order valence-corrected chi connectivity index (χ4v) is 4.37. The van der Waals surface area contributed by atoms with Crippen molar-refractivity contribution in [2.75, 3.05) is 0 Å². The summed E-state index contributed by atoms with van der Waals surface area (Å²) in [5, 5.41) is 9.60. The van der Waals surface area contributed by atoms with E-state index in [0.29, 0.717) is 17.2 Å². The Balaban J connectivity index is 1.40. The predicted octanol–water partition coefficient (Wildman–Crippen LogP) is 6.91. The molecule has 3 aromatic carbocycles. The van der Waals surface area contributed by atoms with Gasteiger partial charge in [-0.25, -0.2) is 14.5 Å². The summed E-state index contributed by atoms with van der Waals surface area (Å²) >= 11 is 3.44. The molecule has 7 nitrogen and oxygen atoms in total. The maximum absolute atomic E-state index is 6.28. The van der Waals surface area contributed by atoms with Crippen molar-refractivity contribution in [2.45, 2.75) is 13.5 Å². The van der Waals surface area contributed by atoms with E-state index in [4.69, 9.17) is 14.2 Å². The van der Waals surface area contributed by atoms with Gasteiger partial charge in [0.1, 0.15) is 12.1 Å². The quantitative estimate of drug-likeness (QED) is 0.170. The van der Waals surface area contributed by atoms with Crippen molar-refractivity contribution in [1.29, 1.82) is 0 Å². The molecule has 0 saturated carbocycles. The first kappa shape index (κ1) is 22.2. The molecular formula is C28H20BrN5O2. The lowest BCUT2D eigenvalue weighted by molar-refractivity contribution is 0.125. The van der Waals surface area contributed by atoms with Crippen LogP contribution in [0.1, 0.15) is 18.3 Å². The van der Waals surface area contributed by atoms with Crippen LogP contribution in [-0.2, 0) is 11.4 Å². The van der Waals surface area contributed by atoms with Crippen LogP contribution < -0.4 is 0 Å². The normalized spacial score (nSPS) is 11.9. The van der Waals surface area contributed by atoms with Gasteiger partial charge in [-0.3, -0.25) is 0 Å². The maximum atomic E-state index is 6.28. The molecule has 0 saturated heterocycles. The van der Waals surface area contributed by atoms with E-state index in [1.807, 2.05) is 79.7 Å². The Labute approximate surface area is 215 Å². The summed E-state index contributed by atoms with van der Waals surface area (Å²) in [7, 11) is 0. The fourth-order valence-electron chi connectivity index (χ4n) is 4.11. The molecule has 0 amide bonds. The van der Waals surface area contributed by atoms with Gasteiger partial charge in [-0.1, -0.05) is 93.9 Å². The van der Waals surface area contributed by atoms with Crippen molar-refractivity contribution in [1.82, 2.24) is 19.6 Å². The largest absolute Gasteiger partial charge is 0.437 e. The van der Waals surface area contributed by atoms with E-state index in [1.54, 1.807) is 10.8 Å². The summed E-state index contributed by atoms with van der Waals surface area (Å²) in [5.74, 6) is 1.24. The molecule has 0 spiro atoms. The van der Waals surface area contributed by atoms with Gasteiger partial charge in [0.05, 0.1) is 11.1 Å². The number of benzene rings is 3. The molecule has 0 aliphatic carbocycles. The van der Waals surface area contributed by atoms with Gasteiger partial charge in [0.15, 0.2) is 18.1 Å². The average Bonchev–Trinajstić information content (AvgIpc) is 3.51. The Kier molecular flexibility index (Phi) is 5.79. The third-order valence-electron chi connectivity index (χ3n) is 5.83. The molecule has 3 heterocycles. The number of oxime groups is 1. The molecule has 6 aromatic rings. The highest BCUT2D eigenvalue weighted by atomic mass is 79.9. The molecule has 36 heavy (non-hydrogen) atoms. The Bertz CT molecular complexity index is 1690. The molecule has 3 aromatic heterocycles. The highest BCUT2D eigenvalue weighted by Crippen LogP contribution is 2.41. The third kappa shape index (κ3) is 4.16. The van der Waals surface area contributed by atoms with Crippen LogP contribution in [0.4, 0.5) is 0 Å². The topological polar surface area (TPSA) is 77.8 Å². The smallest absolute Gasteiger partial charge is 0.232 e. The zero-order chi connectivity index (χ0) is 24.5. The monoisotopic (exact) mass is 537 g/mol. The first-order chi connectivity index (χ1) is 17.7. The Morgan fingerprint density at radius 2 is 1.64 bits per heavy atom. The molecule has 0 aliphatic heterocycles. The number of hydrogen-bond donors (Lipinski definition) is 0. The zero-order valence-corrected chi connectivity index (χ0v) is 20.9. The molecule has 0 fully saturated rings. The summed E-state index contributed by atoms with van der Waals surface area (Å²) < 4.78 is 8.95. The molecule has 176 valence electrons. The first-order valence-corrected chi connectivity index (χ1v) is 12.2. The molecule has 6 rings (SSSR count). The Hall–Kier alpha value is -4.30. The molecule has 0 radical (unpaired) electrons. The minimum Gasteiger partial charge on any atom is -0.437 e. The lowest BCUT2D eigenvalue weighted by atomic mass is 9.99. The standard InChI is InChI=1S/C28H20BrN5O2/c1-18(19-12-14-22(29)15-13-19)33-35-16-23-31-27-25-24(20-8-4-2-5-9-20)26(21-10-6-3-7-11-21)36-28(25)30-17-34(27)32-23/h2-15,17H,16H2,1H3. The second kappa shape index (κ2) is 9.39. The average molecular weight is 538 g/mol. The molecule has 0 aliphatic rings. The number of halogens is 1. The second-order valence-electron chi connectivity index (χ2n) is 8.22. The molecule has 0 unspecified atom stereocenters. The number of furan rings is 1. The second-order valence-corrected chi connectivity index (χ2v) is 9.13. The minimum absolute atomic E-state index is 0.126. The van der Waals surface area contributed by atoms with Crippen molar-refractivity contribution in [3.8, 4) is 22.5 Å². The van der Waals surface area contributed by atoms with Crippen molar-refractivity contribution in [3.63, 3.8) is 0 Å². The van der Waals surface area contributed by atoms with E-state index in [-0.39, 0.29) is 6.61 Å². The van der Waals surface area contributed by atoms with E-state index in [0.717, 1.165) is 43.6 Å². The van der Waals surface area contributed by atoms with Crippen molar-refractivity contribution in [3.05, 3.63) is 107 Å². The van der Waals surface area contributed by atoms with Crippen LogP contribution >= 0.6 is 15.9 Å². The summed E-state index contributed by atoms with van der Waals surface area (Å²) in [4.78, 5) is 14.9. The van der Waals surface area contributed by atoms with Crippen molar-refractivity contribution < 1.29 is 9.25 Å². The number of aromatic nitrogens is 4. The van der Waals surface area contributed by atoms with E-state index in [2.05, 4.69) is 43.3 Å². The SMILES string of the molecule is CC(=NOCc1nc2c3c(-c4ccccc4)c(-c4ccccc4)oc3ncn2n1)c1ccc(Br)cc1.